The number of hydrogen-bond acceptors (Lipinski definition) is 4. The van der Waals surface area contributed by atoms with Crippen molar-refractivity contribution in [3.05, 3.63) is 16.8 Å². The summed E-state index contributed by atoms with van der Waals surface area (Å²) in [6.45, 7) is 4.23. The zero-order chi connectivity index (χ0) is 13.7. The highest BCUT2D eigenvalue weighted by Crippen LogP contribution is 2.22. The third-order valence-electron chi connectivity index (χ3n) is 3.28. The van der Waals surface area contributed by atoms with Crippen LogP contribution in [0.5, 0.6) is 0 Å². The van der Waals surface area contributed by atoms with Gasteiger partial charge in [-0.3, -0.25) is 4.72 Å². The summed E-state index contributed by atoms with van der Waals surface area (Å²) in [5.74, 6) is 0. The molecule has 108 valence electrons. The average molecular weight is 303 g/mol. The van der Waals surface area contributed by atoms with E-state index in [2.05, 4.69) is 10.0 Å². The van der Waals surface area contributed by atoms with Gasteiger partial charge in [-0.1, -0.05) is 13.3 Å². The van der Waals surface area contributed by atoms with Gasteiger partial charge >= 0.3 is 10.2 Å². The molecule has 7 heteroatoms. The van der Waals surface area contributed by atoms with E-state index >= 15 is 0 Å². The van der Waals surface area contributed by atoms with Crippen molar-refractivity contribution in [3.63, 3.8) is 0 Å². The normalized spacial score (nSPS) is 21.4. The minimum Gasteiger partial charge on any atom is -0.315 e. The molecule has 1 fully saturated rings. The van der Waals surface area contributed by atoms with Crippen molar-refractivity contribution in [3.8, 4) is 0 Å². The van der Waals surface area contributed by atoms with Crippen molar-refractivity contribution in [1.82, 2.24) is 9.62 Å². The van der Waals surface area contributed by atoms with Gasteiger partial charge in [-0.25, -0.2) is 0 Å². The zero-order valence-corrected chi connectivity index (χ0v) is 12.8. The second-order valence-corrected chi connectivity index (χ2v) is 7.09. The Hall–Kier alpha value is -0.630. The van der Waals surface area contributed by atoms with Crippen molar-refractivity contribution in [1.29, 1.82) is 0 Å². The van der Waals surface area contributed by atoms with Gasteiger partial charge < -0.3 is 5.32 Å². The third-order valence-corrected chi connectivity index (χ3v) is 5.55. The van der Waals surface area contributed by atoms with Crippen molar-refractivity contribution in [2.24, 2.45) is 0 Å². The molecule has 1 unspecified atom stereocenters. The quantitative estimate of drug-likeness (QED) is 0.843. The Bertz CT molecular complexity index is 473. The summed E-state index contributed by atoms with van der Waals surface area (Å²) in [5, 5.41) is 6.92. The van der Waals surface area contributed by atoms with Crippen molar-refractivity contribution >= 4 is 27.2 Å². The number of likely N-dealkylation sites (N-methyl/N-ethyl adjacent to an activating group) is 1. The monoisotopic (exact) mass is 303 g/mol. The molecule has 2 heterocycles. The molecular weight excluding hydrogens is 282 g/mol. The fourth-order valence-corrected chi connectivity index (χ4v) is 4.48. The SMILES string of the molecule is CCNCC1CCCCN1S(=O)(=O)Nc1ccsc1. The summed E-state index contributed by atoms with van der Waals surface area (Å²) in [6.07, 6.45) is 2.96. The first-order valence-electron chi connectivity index (χ1n) is 6.66. The summed E-state index contributed by atoms with van der Waals surface area (Å²) in [5.41, 5.74) is 0.651. The maximum atomic E-state index is 12.4. The number of nitrogens with one attached hydrogen (secondary N) is 2. The molecule has 0 aliphatic carbocycles. The lowest BCUT2D eigenvalue weighted by Crippen LogP contribution is -2.50. The van der Waals surface area contributed by atoms with Crippen molar-refractivity contribution in [2.75, 3.05) is 24.4 Å². The Kier molecular flexibility index (Phi) is 5.20. The molecule has 0 spiro atoms. The summed E-state index contributed by atoms with van der Waals surface area (Å²) >= 11 is 1.48. The van der Waals surface area contributed by atoms with Crippen LogP contribution < -0.4 is 10.0 Å². The number of piperidine rings is 1. The van der Waals surface area contributed by atoms with Crippen molar-refractivity contribution in [2.45, 2.75) is 32.2 Å². The van der Waals surface area contributed by atoms with Gasteiger partial charge in [0.2, 0.25) is 0 Å². The molecule has 2 rings (SSSR count). The maximum Gasteiger partial charge on any atom is 0.301 e. The molecule has 1 aliphatic rings. The number of nitrogens with zero attached hydrogens (tertiary/aromatic N) is 1. The van der Waals surface area contributed by atoms with Crippen LogP contribution in [0.2, 0.25) is 0 Å². The highest BCUT2D eigenvalue weighted by atomic mass is 32.2. The minimum atomic E-state index is -3.44. The van der Waals surface area contributed by atoms with E-state index in [4.69, 9.17) is 0 Å². The van der Waals surface area contributed by atoms with Crippen LogP contribution >= 0.6 is 11.3 Å². The molecule has 19 heavy (non-hydrogen) atoms. The van der Waals surface area contributed by atoms with E-state index in [1.807, 2.05) is 12.3 Å². The lowest BCUT2D eigenvalue weighted by Gasteiger charge is -2.34. The largest absolute Gasteiger partial charge is 0.315 e. The van der Waals surface area contributed by atoms with Crippen LogP contribution in [0.25, 0.3) is 0 Å². The van der Waals surface area contributed by atoms with Gasteiger partial charge in [-0.05, 0) is 30.8 Å². The van der Waals surface area contributed by atoms with E-state index in [1.165, 1.54) is 11.3 Å². The van der Waals surface area contributed by atoms with Crippen LogP contribution in [0, 0.1) is 0 Å². The molecule has 1 aromatic rings. The first-order valence-corrected chi connectivity index (χ1v) is 9.04. The maximum absolute atomic E-state index is 12.4. The van der Waals surface area contributed by atoms with Crippen LogP contribution in [0.3, 0.4) is 0 Å². The second kappa shape index (κ2) is 6.69. The molecule has 1 aromatic heterocycles. The Morgan fingerprint density at radius 3 is 3.00 bits per heavy atom. The number of hydrogen-bond donors (Lipinski definition) is 2. The van der Waals surface area contributed by atoms with Gasteiger partial charge in [0.25, 0.3) is 0 Å². The van der Waals surface area contributed by atoms with Gasteiger partial charge in [-0.2, -0.15) is 24.1 Å². The molecule has 0 amide bonds. The molecule has 0 saturated carbocycles. The molecular formula is C12H21N3O2S2. The minimum absolute atomic E-state index is 0.0600. The third kappa shape index (κ3) is 3.92. The van der Waals surface area contributed by atoms with Crippen LogP contribution in [0.4, 0.5) is 5.69 Å². The van der Waals surface area contributed by atoms with E-state index in [9.17, 15) is 8.42 Å². The van der Waals surface area contributed by atoms with E-state index in [0.717, 1.165) is 32.4 Å². The molecule has 0 aromatic carbocycles. The van der Waals surface area contributed by atoms with Crippen LogP contribution in [0.15, 0.2) is 16.8 Å². The second-order valence-electron chi connectivity index (χ2n) is 4.69. The fraction of sp³-hybridized carbons (Fsp3) is 0.667. The predicted molar refractivity (Wildman–Crippen MR) is 79.8 cm³/mol. The van der Waals surface area contributed by atoms with E-state index in [1.54, 1.807) is 15.8 Å². The molecule has 1 saturated heterocycles. The Morgan fingerprint density at radius 2 is 2.32 bits per heavy atom. The number of anilines is 1. The summed E-state index contributed by atoms with van der Waals surface area (Å²) in [4.78, 5) is 0. The Morgan fingerprint density at radius 1 is 1.47 bits per heavy atom. The highest BCUT2D eigenvalue weighted by molar-refractivity contribution is 7.90. The fourth-order valence-electron chi connectivity index (χ4n) is 2.34. The van der Waals surface area contributed by atoms with E-state index in [-0.39, 0.29) is 6.04 Å². The van der Waals surface area contributed by atoms with Crippen LogP contribution in [-0.4, -0.2) is 38.4 Å². The van der Waals surface area contributed by atoms with Gasteiger partial charge in [0.15, 0.2) is 0 Å². The molecule has 1 atom stereocenters. The van der Waals surface area contributed by atoms with E-state index < -0.39 is 10.2 Å². The Balaban J connectivity index is 2.07. The lowest BCUT2D eigenvalue weighted by molar-refractivity contribution is 0.248. The topological polar surface area (TPSA) is 61.4 Å². The smallest absolute Gasteiger partial charge is 0.301 e. The van der Waals surface area contributed by atoms with Gasteiger partial charge in [0.05, 0.1) is 5.69 Å². The summed E-state index contributed by atoms with van der Waals surface area (Å²) < 4.78 is 29.1. The highest BCUT2D eigenvalue weighted by Gasteiger charge is 2.31. The first-order chi connectivity index (χ1) is 9.13. The molecule has 1 aliphatic heterocycles. The first kappa shape index (κ1) is 14.8. The molecule has 2 N–H and O–H groups in total. The van der Waals surface area contributed by atoms with E-state index in [0.29, 0.717) is 12.2 Å². The predicted octanol–water partition coefficient (Wildman–Crippen LogP) is 1.87. The van der Waals surface area contributed by atoms with Crippen LogP contribution in [0.1, 0.15) is 26.2 Å². The average Bonchev–Trinajstić information content (AvgIpc) is 2.88. The van der Waals surface area contributed by atoms with Crippen LogP contribution in [-0.2, 0) is 10.2 Å². The standard InChI is InChI=1S/C12H21N3O2S2/c1-2-13-9-12-5-3-4-7-15(12)19(16,17)14-11-6-8-18-10-11/h6,8,10,12-14H,2-5,7,9H2,1H3. The van der Waals surface area contributed by atoms with Gasteiger partial charge in [-0.15, -0.1) is 0 Å². The summed E-state index contributed by atoms with van der Waals surface area (Å²) in [6, 6.07) is 1.84. The molecule has 0 bridgehead atoms. The van der Waals surface area contributed by atoms with Gasteiger partial charge in [0, 0.05) is 24.5 Å². The Labute approximate surface area is 119 Å². The molecule has 5 nitrogen and oxygen atoms in total. The summed E-state index contributed by atoms with van der Waals surface area (Å²) in [7, 11) is -3.44. The zero-order valence-electron chi connectivity index (χ0n) is 11.1. The van der Waals surface area contributed by atoms with Crippen molar-refractivity contribution < 1.29 is 8.42 Å². The lowest BCUT2D eigenvalue weighted by atomic mass is 10.1. The number of thiophene rings is 1. The molecule has 0 radical (unpaired) electrons. The number of rotatable bonds is 6. The van der Waals surface area contributed by atoms with Gasteiger partial charge in [0.1, 0.15) is 0 Å².